The second kappa shape index (κ2) is 12.1. The highest BCUT2D eigenvalue weighted by Crippen LogP contribution is 2.16. The smallest absolute Gasteiger partial charge is 0.220 e. The lowest BCUT2D eigenvalue weighted by Gasteiger charge is -2.09. The number of sulfone groups is 1. The van der Waals surface area contributed by atoms with E-state index < -0.39 is 9.84 Å². The SMILES string of the molecule is CS(=O)(=O)c1ccc(OCCCC(=O)NCCc2ccc(OCc3ccccc3)cc2)cc1. The third kappa shape index (κ3) is 8.61. The van der Waals surface area contributed by atoms with Crippen LogP contribution in [0.5, 0.6) is 11.5 Å². The van der Waals surface area contributed by atoms with Crippen molar-refractivity contribution in [1.82, 2.24) is 5.32 Å². The van der Waals surface area contributed by atoms with E-state index in [-0.39, 0.29) is 10.8 Å². The monoisotopic (exact) mass is 467 g/mol. The maximum absolute atomic E-state index is 12.0. The fourth-order valence-electron chi connectivity index (χ4n) is 3.13. The molecule has 0 radical (unpaired) electrons. The highest BCUT2D eigenvalue weighted by Gasteiger charge is 2.07. The van der Waals surface area contributed by atoms with E-state index in [1.165, 1.54) is 12.1 Å². The van der Waals surface area contributed by atoms with Crippen LogP contribution < -0.4 is 14.8 Å². The molecule has 1 amide bonds. The largest absolute Gasteiger partial charge is 0.494 e. The summed E-state index contributed by atoms with van der Waals surface area (Å²) in [7, 11) is -3.22. The van der Waals surface area contributed by atoms with E-state index >= 15 is 0 Å². The molecule has 0 saturated carbocycles. The van der Waals surface area contributed by atoms with Crippen molar-refractivity contribution in [2.75, 3.05) is 19.4 Å². The van der Waals surface area contributed by atoms with Gasteiger partial charge in [-0.25, -0.2) is 8.42 Å². The number of rotatable bonds is 12. The van der Waals surface area contributed by atoms with Gasteiger partial charge in [-0.2, -0.15) is 0 Å². The molecule has 0 aliphatic rings. The summed E-state index contributed by atoms with van der Waals surface area (Å²) in [5.41, 5.74) is 2.25. The second-order valence-electron chi connectivity index (χ2n) is 7.71. The number of hydrogen-bond acceptors (Lipinski definition) is 5. The number of ether oxygens (including phenoxy) is 2. The van der Waals surface area contributed by atoms with Crippen molar-refractivity contribution in [2.45, 2.75) is 30.8 Å². The third-order valence-corrected chi connectivity index (χ3v) is 6.10. The number of hydrogen-bond donors (Lipinski definition) is 1. The molecule has 7 heteroatoms. The topological polar surface area (TPSA) is 81.7 Å². The normalized spacial score (nSPS) is 11.1. The van der Waals surface area contributed by atoms with Crippen LogP contribution in [0.25, 0.3) is 0 Å². The highest BCUT2D eigenvalue weighted by molar-refractivity contribution is 7.90. The van der Waals surface area contributed by atoms with E-state index in [1.807, 2.05) is 54.6 Å². The van der Waals surface area contributed by atoms with Crippen LogP contribution in [-0.2, 0) is 27.7 Å². The Bertz CT molecular complexity index is 1110. The predicted octanol–water partition coefficient (Wildman–Crippen LogP) is 4.19. The molecule has 3 rings (SSSR count). The Morgan fingerprint density at radius 3 is 2.12 bits per heavy atom. The first-order valence-electron chi connectivity index (χ1n) is 10.9. The molecule has 0 fully saturated rings. The van der Waals surface area contributed by atoms with E-state index in [9.17, 15) is 13.2 Å². The molecule has 174 valence electrons. The van der Waals surface area contributed by atoms with Crippen LogP contribution in [0.2, 0.25) is 0 Å². The van der Waals surface area contributed by atoms with E-state index in [1.54, 1.807) is 12.1 Å². The predicted molar refractivity (Wildman–Crippen MR) is 128 cm³/mol. The van der Waals surface area contributed by atoms with E-state index in [0.717, 1.165) is 29.6 Å². The molecular weight excluding hydrogens is 438 g/mol. The summed E-state index contributed by atoms with van der Waals surface area (Å²) in [5, 5.41) is 2.92. The number of amides is 1. The zero-order valence-corrected chi connectivity index (χ0v) is 19.5. The van der Waals surface area contributed by atoms with Gasteiger partial charge < -0.3 is 14.8 Å². The van der Waals surface area contributed by atoms with Crippen molar-refractivity contribution in [2.24, 2.45) is 0 Å². The Morgan fingerprint density at radius 2 is 1.45 bits per heavy atom. The molecule has 33 heavy (non-hydrogen) atoms. The molecule has 1 N–H and O–H groups in total. The minimum atomic E-state index is -3.22. The molecule has 0 aliphatic carbocycles. The maximum Gasteiger partial charge on any atom is 0.220 e. The van der Waals surface area contributed by atoms with E-state index in [4.69, 9.17) is 9.47 Å². The molecule has 3 aromatic carbocycles. The fourth-order valence-corrected chi connectivity index (χ4v) is 3.76. The van der Waals surface area contributed by atoms with Gasteiger partial charge in [0.05, 0.1) is 11.5 Å². The molecule has 6 nitrogen and oxygen atoms in total. The average molecular weight is 468 g/mol. The van der Waals surface area contributed by atoms with E-state index in [0.29, 0.717) is 38.3 Å². The zero-order chi connectivity index (χ0) is 23.5. The van der Waals surface area contributed by atoms with Crippen LogP contribution in [0.1, 0.15) is 24.0 Å². The minimum absolute atomic E-state index is 0.0196. The standard InChI is InChI=1S/C26H29NO5S/c1-33(29,30)25-15-13-23(14-16-25)31-19-5-8-26(28)27-18-17-21-9-11-24(12-10-21)32-20-22-6-3-2-4-7-22/h2-4,6-7,9-16H,5,8,17-20H2,1H3,(H,27,28). The minimum Gasteiger partial charge on any atom is -0.494 e. The first kappa shape index (κ1) is 24.3. The van der Waals surface area contributed by atoms with Crippen LogP contribution in [0.4, 0.5) is 0 Å². The number of carbonyl (C=O) groups excluding carboxylic acids is 1. The zero-order valence-electron chi connectivity index (χ0n) is 18.7. The molecule has 0 saturated heterocycles. The number of carbonyl (C=O) groups is 1. The molecule has 0 atom stereocenters. The lowest BCUT2D eigenvalue weighted by Crippen LogP contribution is -2.25. The van der Waals surface area contributed by atoms with Crippen molar-refractivity contribution in [3.63, 3.8) is 0 Å². The molecule has 0 heterocycles. The first-order valence-corrected chi connectivity index (χ1v) is 12.7. The molecule has 0 spiro atoms. The summed E-state index contributed by atoms with van der Waals surface area (Å²) in [6, 6.07) is 24.2. The Morgan fingerprint density at radius 1 is 0.818 bits per heavy atom. The van der Waals surface area contributed by atoms with Gasteiger partial charge in [0.25, 0.3) is 0 Å². The Hall–Kier alpha value is -3.32. The van der Waals surface area contributed by atoms with Gasteiger partial charge in [-0.15, -0.1) is 0 Å². The highest BCUT2D eigenvalue weighted by atomic mass is 32.2. The van der Waals surface area contributed by atoms with Gasteiger partial charge in [0.2, 0.25) is 5.91 Å². The Kier molecular flexibility index (Phi) is 8.89. The van der Waals surface area contributed by atoms with Gasteiger partial charge in [0, 0.05) is 19.2 Å². The van der Waals surface area contributed by atoms with Gasteiger partial charge in [-0.05, 0) is 60.4 Å². The summed E-state index contributed by atoms with van der Waals surface area (Å²) >= 11 is 0. The lowest BCUT2D eigenvalue weighted by molar-refractivity contribution is -0.121. The van der Waals surface area contributed by atoms with E-state index in [2.05, 4.69) is 5.32 Å². The third-order valence-electron chi connectivity index (χ3n) is 4.98. The fraction of sp³-hybridized carbons (Fsp3) is 0.269. The number of nitrogens with one attached hydrogen (secondary N) is 1. The Balaban J connectivity index is 1.28. The molecule has 0 aliphatic heterocycles. The maximum atomic E-state index is 12.0. The quantitative estimate of drug-likeness (QED) is 0.404. The van der Waals surface area contributed by atoms with Gasteiger partial charge in [-0.1, -0.05) is 42.5 Å². The van der Waals surface area contributed by atoms with Crippen LogP contribution in [0.15, 0.2) is 83.8 Å². The second-order valence-corrected chi connectivity index (χ2v) is 9.73. The van der Waals surface area contributed by atoms with Gasteiger partial charge >= 0.3 is 0 Å². The lowest BCUT2D eigenvalue weighted by atomic mass is 10.1. The van der Waals surface area contributed by atoms with Crippen LogP contribution in [0, 0.1) is 0 Å². The Labute approximate surface area is 195 Å². The van der Waals surface area contributed by atoms with Crippen molar-refractivity contribution in [3.05, 3.63) is 90.0 Å². The van der Waals surface area contributed by atoms with Crippen molar-refractivity contribution < 1.29 is 22.7 Å². The van der Waals surface area contributed by atoms with Crippen molar-refractivity contribution in [3.8, 4) is 11.5 Å². The summed E-state index contributed by atoms with van der Waals surface area (Å²) in [6.07, 6.45) is 2.85. The first-order chi connectivity index (χ1) is 15.9. The van der Waals surface area contributed by atoms with Gasteiger partial charge in [0.1, 0.15) is 18.1 Å². The molecule has 0 unspecified atom stereocenters. The van der Waals surface area contributed by atoms with Crippen molar-refractivity contribution >= 4 is 15.7 Å². The van der Waals surface area contributed by atoms with Gasteiger partial charge in [0.15, 0.2) is 9.84 Å². The summed E-state index contributed by atoms with van der Waals surface area (Å²) in [5.74, 6) is 1.38. The molecular formula is C26H29NO5S. The summed E-state index contributed by atoms with van der Waals surface area (Å²) in [4.78, 5) is 12.3. The van der Waals surface area contributed by atoms with Crippen LogP contribution in [-0.4, -0.2) is 33.7 Å². The average Bonchev–Trinajstić information content (AvgIpc) is 2.82. The van der Waals surface area contributed by atoms with Gasteiger partial charge in [-0.3, -0.25) is 4.79 Å². The van der Waals surface area contributed by atoms with Crippen LogP contribution >= 0.6 is 0 Å². The molecule has 3 aromatic rings. The van der Waals surface area contributed by atoms with Crippen LogP contribution in [0.3, 0.4) is 0 Å². The van der Waals surface area contributed by atoms with Crippen molar-refractivity contribution in [1.29, 1.82) is 0 Å². The summed E-state index contributed by atoms with van der Waals surface area (Å²) < 4.78 is 34.3. The molecule has 0 aromatic heterocycles. The molecule has 0 bridgehead atoms. The summed E-state index contributed by atoms with van der Waals surface area (Å²) in [6.45, 7) is 1.48. The number of benzene rings is 3.